The number of nitrogens with one attached hydrogen (secondary N) is 1. The number of carbonyl (C=O) groups excluding carboxylic acids is 1. The van der Waals surface area contributed by atoms with Crippen LogP contribution in [0.1, 0.15) is 30.5 Å². The van der Waals surface area contributed by atoms with Crippen molar-refractivity contribution in [1.29, 1.82) is 0 Å². The first-order valence-electron chi connectivity index (χ1n) is 6.17. The fourth-order valence-electron chi connectivity index (χ4n) is 2.34. The van der Waals surface area contributed by atoms with Crippen LogP contribution < -0.4 is 10.1 Å². The van der Waals surface area contributed by atoms with E-state index in [1.165, 1.54) is 0 Å². The Bertz CT molecular complexity index is 484. The molecular formula is C14H19NO3. The predicted octanol–water partition coefficient (Wildman–Crippen LogP) is 2.66. The number of amides is 1. The van der Waals surface area contributed by atoms with E-state index in [0.29, 0.717) is 13.2 Å². The zero-order valence-electron chi connectivity index (χ0n) is 11.3. The van der Waals surface area contributed by atoms with Crippen LogP contribution in [0.4, 0.5) is 4.79 Å². The number of benzene rings is 1. The average molecular weight is 249 g/mol. The van der Waals surface area contributed by atoms with E-state index in [1.807, 2.05) is 39.8 Å². The summed E-state index contributed by atoms with van der Waals surface area (Å²) in [6, 6.07) is 4.05. The van der Waals surface area contributed by atoms with E-state index in [0.717, 1.165) is 22.4 Å². The summed E-state index contributed by atoms with van der Waals surface area (Å²) in [6.07, 6.45) is -0.358. The Morgan fingerprint density at radius 3 is 2.67 bits per heavy atom. The molecule has 1 unspecified atom stereocenters. The molecule has 98 valence electrons. The van der Waals surface area contributed by atoms with Gasteiger partial charge in [-0.3, -0.25) is 0 Å². The minimum Gasteiger partial charge on any atom is -0.494 e. The molecule has 1 amide bonds. The van der Waals surface area contributed by atoms with E-state index in [9.17, 15) is 4.79 Å². The highest BCUT2D eigenvalue weighted by molar-refractivity contribution is 5.71. The third-order valence-electron chi connectivity index (χ3n) is 3.28. The summed E-state index contributed by atoms with van der Waals surface area (Å²) in [7, 11) is 0. The van der Waals surface area contributed by atoms with Gasteiger partial charge in [-0.15, -0.1) is 0 Å². The minimum atomic E-state index is -0.587. The standard InChI is InChI=1S/C14H19NO3/c1-5-17-12-7-9(2)11(6-10(12)3)14(4)8-15-13(16)18-14/h6-7H,5,8H2,1-4H3,(H,15,16). The van der Waals surface area contributed by atoms with Crippen molar-refractivity contribution < 1.29 is 14.3 Å². The lowest BCUT2D eigenvalue weighted by atomic mass is 9.90. The van der Waals surface area contributed by atoms with Crippen molar-refractivity contribution in [1.82, 2.24) is 5.32 Å². The molecule has 1 aromatic rings. The van der Waals surface area contributed by atoms with E-state index in [4.69, 9.17) is 9.47 Å². The van der Waals surface area contributed by atoms with Gasteiger partial charge in [0.2, 0.25) is 0 Å². The van der Waals surface area contributed by atoms with Crippen molar-refractivity contribution >= 4 is 6.09 Å². The van der Waals surface area contributed by atoms with Gasteiger partial charge in [0.05, 0.1) is 13.2 Å². The van der Waals surface area contributed by atoms with Gasteiger partial charge in [0.25, 0.3) is 0 Å². The van der Waals surface area contributed by atoms with Crippen LogP contribution >= 0.6 is 0 Å². The molecular weight excluding hydrogens is 230 g/mol. The van der Waals surface area contributed by atoms with Gasteiger partial charge >= 0.3 is 6.09 Å². The Morgan fingerprint density at radius 1 is 1.39 bits per heavy atom. The van der Waals surface area contributed by atoms with E-state index < -0.39 is 5.60 Å². The summed E-state index contributed by atoms with van der Waals surface area (Å²) in [4.78, 5) is 11.2. The van der Waals surface area contributed by atoms with E-state index in [-0.39, 0.29) is 6.09 Å². The minimum absolute atomic E-state index is 0.358. The number of hydrogen-bond acceptors (Lipinski definition) is 3. The first-order chi connectivity index (χ1) is 8.46. The Morgan fingerprint density at radius 2 is 2.11 bits per heavy atom. The lowest BCUT2D eigenvalue weighted by molar-refractivity contribution is 0.0698. The molecule has 1 aliphatic heterocycles. The largest absolute Gasteiger partial charge is 0.494 e. The first kappa shape index (κ1) is 12.7. The molecule has 1 aromatic carbocycles. The number of alkyl carbamates (subject to hydrolysis) is 1. The summed E-state index contributed by atoms with van der Waals surface area (Å²) in [5.41, 5.74) is 2.57. The zero-order valence-corrected chi connectivity index (χ0v) is 11.3. The van der Waals surface area contributed by atoms with Gasteiger partial charge < -0.3 is 14.8 Å². The maximum absolute atomic E-state index is 11.2. The van der Waals surface area contributed by atoms with E-state index in [2.05, 4.69) is 5.32 Å². The summed E-state index contributed by atoms with van der Waals surface area (Å²) in [5, 5.41) is 2.70. The van der Waals surface area contributed by atoms with Crippen LogP contribution in [0.3, 0.4) is 0 Å². The molecule has 0 bridgehead atoms. The molecule has 1 fully saturated rings. The van der Waals surface area contributed by atoms with E-state index in [1.54, 1.807) is 0 Å². The molecule has 0 radical (unpaired) electrons. The molecule has 1 heterocycles. The number of aryl methyl sites for hydroxylation is 2. The lowest BCUT2D eigenvalue weighted by Crippen LogP contribution is -2.27. The van der Waals surface area contributed by atoms with Crippen molar-refractivity contribution in [2.24, 2.45) is 0 Å². The Balaban J connectivity index is 2.40. The molecule has 0 aromatic heterocycles. The third kappa shape index (κ3) is 2.15. The van der Waals surface area contributed by atoms with Crippen LogP contribution in [-0.2, 0) is 10.3 Å². The summed E-state index contributed by atoms with van der Waals surface area (Å²) in [6.45, 7) is 9.05. The quantitative estimate of drug-likeness (QED) is 0.895. The smallest absolute Gasteiger partial charge is 0.408 e. The summed E-state index contributed by atoms with van der Waals surface area (Å²) < 4.78 is 10.9. The molecule has 4 heteroatoms. The van der Waals surface area contributed by atoms with Gasteiger partial charge in [0.1, 0.15) is 5.75 Å². The van der Waals surface area contributed by atoms with Gasteiger partial charge in [-0.1, -0.05) is 0 Å². The van der Waals surface area contributed by atoms with Crippen LogP contribution in [0.2, 0.25) is 0 Å². The van der Waals surface area contributed by atoms with Crippen molar-refractivity contribution in [2.75, 3.05) is 13.2 Å². The van der Waals surface area contributed by atoms with Gasteiger partial charge in [0, 0.05) is 5.56 Å². The Kier molecular flexibility index (Phi) is 3.20. The molecule has 1 atom stereocenters. The van der Waals surface area contributed by atoms with Crippen molar-refractivity contribution in [2.45, 2.75) is 33.3 Å². The van der Waals surface area contributed by atoms with Gasteiger partial charge in [-0.25, -0.2) is 4.79 Å². The van der Waals surface area contributed by atoms with Crippen LogP contribution in [0.25, 0.3) is 0 Å². The SMILES string of the molecule is CCOc1cc(C)c(C2(C)CNC(=O)O2)cc1C. The monoisotopic (exact) mass is 249 g/mol. The molecule has 4 nitrogen and oxygen atoms in total. The van der Waals surface area contributed by atoms with Gasteiger partial charge in [-0.05, 0) is 51.0 Å². The number of rotatable bonds is 3. The molecule has 1 N–H and O–H groups in total. The highest BCUT2D eigenvalue weighted by Crippen LogP contribution is 2.34. The fourth-order valence-corrected chi connectivity index (χ4v) is 2.34. The van der Waals surface area contributed by atoms with Crippen LogP contribution in [0.15, 0.2) is 12.1 Å². The number of cyclic esters (lactones) is 1. The maximum atomic E-state index is 11.2. The predicted molar refractivity (Wildman–Crippen MR) is 68.9 cm³/mol. The number of hydrogen-bond donors (Lipinski definition) is 1. The fraction of sp³-hybridized carbons (Fsp3) is 0.500. The lowest BCUT2D eigenvalue weighted by Gasteiger charge is -2.25. The Labute approximate surface area is 107 Å². The third-order valence-corrected chi connectivity index (χ3v) is 3.28. The molecule has 0 spiro atoms. The highest BCUT2D eigenvalue weighted by Gasteiger charge is 2.38. The first-order valence-corrected chi connectivity index (χ1v) is 6.17. The molecule has 1 aliphatic rings. The topological polar surface area (TPSA) is 47.6 Å². The van der Waals surface area contributed by atoms with Gasteiger partial charge in [0.15, 0.2) is 5.60 Å². The highest BCUT2D eigenvalue weighted by atomic mass is 16.6. The van der Waals surface area contributed by atoms with Gasteiger partial charge in [-0.2, -0.15) is 0 Å². The van der Waals surface area contributed by atoms with Crippen molar-refractivity contribution in [3.8, 4) is 5.75 Å². The molecule has 18 heavy (non-hydrogen) atoms. The van der Waals surface area contributed by atoms with Crippen LogP contribution in [0, 0.1) is 13.8 Å². The molecule has 1 saturated heterocycles. The molecule has 0 saturated carbocycles. The summed E-state index contributed by atoms with van der Waals surface area (Å²) >= 11 is 0. The second-order valence-electron chi connectivity index (χ2n) is 4.84. The number of carbonyl (C=O) groups is 1. The summed E-state index contributed by atoms with van der Waals surface area (Å²) in [5.74, 6) is 0.889. The number of ether oxygens (including phenoxy) is 2. The second kappa shape index (κ2) is 4.52. The average Bonchev–Trinajstić information content (AvgIpc) is 2.65. The second-order valence-corrected chi connectivity index (χ2v) is 4.84. The van der Waals surface area contributed by atoms with Crippen molar-refractivity contribution in [3.63, 3.8) is 0 Å². The molecule has 2 rings (SSSR count). The van der Waals surface area contributed by atoms with Crippen molar-refractivity contribution in [3.05, 3.63) is 28.8 Å². The molecule has 0 aliphatic carbocycles. The zero-order chi connectivity index (χ0) is 13.3. The van der Waals surface area contributed by atoms with Crippen LogP contribution in [-0.4, -0.2) is 19.2 Å². The maximum Gasteiger partial charge on any atom is 0.408 e. The van der Waals surface area contributed by atoms with Crippen LogP contribution in [0.5, 0.6) is 5.75 Å². The van der Waals surface area contributed by atoms with E-state index >= 15 is 0 Å². The normalized spacial score (nSPS) is 22.6. The Hall–Kier alpha value is -1.71.